The van der Waals surface area contributed by atoms with Crippen molar-refractivity contribution < 1.29 is 8.83 Å². The van der Waals surface area contributed by atoms with E-state index in [0.717, 1.165) is 72.1 Å². The van der Waals surface area contributed by atoms with Gasteiger partial charge in [0, 0.05) is 55.7 Å². The first kappa shape index (κ1) is 32.8. The standard InChI is InChI=1S/C55H37NO2/c1-55(2)47-18-10-8-16-42(47)43-28-26-40(31-48(43)55)56(39-24-22-36(23-25-39)34-12-4-3-5-13-34)41-27-29-44-46-33-51-53(45-17-9-11-19-49(45)57-51)52(54(46)58-50(44)32-41)38-21-20-35-14-6-7-15-37(35)30-38/h3-33H,1-2H3. The molecule has 1 aliphatic carbocycles. The summed E-state index contributed by atoms with van der Waals surface area (Å²) in [6.07, 6.45) is 0. The minimum absolute atomic E-state index is 0.131. The molecule has 0 spiro atoms. The van der Waals surface area contributed by atoms with Gasteiger partial charge in [0.15, 0.2) is 0 Å². The lowest BCUT2D eigenvalue weighted by Crippen LogP contribution is -2.16. The van der Waals surface area contributed by atoms with Gasteiger partial charge in [0.05, 0.1) is 0 Å². The Kier molecular flexibility index (Phi) is 6.98. The van der Waals surface area contributed by atoms with Crippen LogP contribution in [0.15, 0.2) is 197 Å². The first-order chi connectivity index (χ1) is 28.5. The highest BCUT2D eigenvalue weighted by Crippen LogP contribution is 2.51. The van der Waals surface area contributed by atoms with Crippen molar-refractivity contribution in [3.05, 3.63) is 199 Å². The quantitative estimate of drug-likeness (QED) is 0.176. The Morgan fingerprint density at radius 1 is 0.397 bits per heavy atom. The molecule has 0 bridgehead atoms. The summed E-state index contributed by atoms with van der Waals surface area (Å²) in [5.74, 6) is 0. The monoisotopic (exact) mass is 743 g/mol. The topological polar surface area (TPSA) is 29.5 Å². The van der Waals surface area contributed by atoms with Crippen LogP contribution in [0.5, 0.6) is 0 Å². The fourth-order valence-corrected chi connectivity index (χ4v) is 9.57. The number of hydrogen-bond acceptors (Lipinski definition) is 3. The number of para-hydroxylation sites is 1. The first-order valence-electron chi connectivity index (χ1n) is 20.0. The van der Waals surface area contributed by atoms with Crippen molar-refractivity contribution in [3.8, 4) is 33.4 Å². The zero-order chi connectivity index (χ0) is 38.5. The van der Waals surface area contributed by atoms with Gasteiger partial charge >= 0.3 is 0 Å². The molecule has 0 atom stereocenters. The summed E-state index contributed by atoms with van der Waals surface area (Å²) in [4.78, 5) is 2.37. The summed E-state index contributed by atoms with van der Waals surface area (Å²) in [5.41, 5.74) is 16.3. The largest absolute Gasteiger partial charge is 0.456 e. The number of nitrogens with zero attached hydrogens (tertiary/aromatic N) is 1. The Morgan fingerprint density at radius 2 is 1.07 bits per heavy atom. The van der Waals surface area contributed by atoms with Crippen molar-refractivity contribution in [1.82, 2.24) is 0 Å². The highest BCUT2D eigenvalue weighted by atomic mass is 16.3. The molecule has 0 amide bonds. The van der Waals surface area contributed by atoms with Crippen molar-refractivity contribution in [1.29, 1.82) is 0 Å². The number of furan rings is 2. The molecule has 0 saturated carbocycles. The van der Waals surface area contributed by atoms with Gasteiger partial charge in [0.1, 0.15) is 22.3 Å². The number of benzene rings is 9. The number of fused-ring (bicyclic) bond motifs is 10. The van der Waals surface area contributed by atoms with Gasteiger partial charge in [-0.25, -0.2) is 0 Å². The molecule has 11 aromatic rings. The van der Waals surface area contributed by atoms with Crippen LogP contribution in [0.1, 0.15) is 25.0 Å². The van der Waals surface area contributed by atoms with Gasteiger partial charge in [-0.15, -0.1) is 0 Å². The Hall–Kier alpha value is -7.36. The molecular formula is C55H37NO2. The van der Waals surface area contributed by atoms with Crippen molar-refractivity contribution in [2.24, 2.45) is 0 Å². The van der Waals surface area contributed by atoms with Crippen molar-refractivity contribution in [2.75, 3.05) is 4.90 Å². The Morgan fingerprint density at radius 3 is 1.95 bits per heavy atom. The van der Waals surface area contributed by atoms with E-state index in [-0.39, 0.29) is 5.41 Å². The summed E-state index contributed by atoms with van der Waals surface area (Å²) >= 11 is 0. The molecule has 0 saturated heterocycles. The molecule has 0 N–H and O–H groups in total. The minimum atomic E-state index is -0.131. The third-order valence-corrected chi connectivity index (χ3v) is 12.4. The van der Waals surface area contributed by atoms with Crippen molar-refractivity contribution >= 4 is 71.7 Å². The van der Waals surface area contributed by atoms with Crippen LogP contribution in [-0.4, -0.2) is 0 Å². The summed E-state index contributed by atoms with van der Waals surface area (Å²) in [5, 5.41) is 6.62. The van der Waals surface area contributed by atoms with Crippen LogP contribution in [0.4, 0.5) is 17.1 Å². The maximum absolute atomic E-state index is 7.10. The van der Waals surface area contributed by atoms with Crippen LogP contribution in [-0.2, 0) is 5.41 Å². The third-order valence-electron chi connectivity index (χ3n) is 12.4. The summed E-state index contributed by atoms with van der Waals surface area (Å²) < 4.78 is 13.7. The second-order valence-corrected chi connectivity index (χ2v) is 16.1. The fourth-order valence-electron chi connectivity index (χ4n) is 9.57. The smallest absolute Gasteiger partial charge is 0.144 e. The molecule has 0 unspecified atom stereocenters. The summed E-state index contributed by atoms with van der Waals surface area (Å²) in [6.45, 7) is 4.68. The van der Waals surface area contributed by atoms with E-state index in [1.165, 1.54) is 44.2 Å². The second-order valence-electron chi connectivity index (χ2n) is 16.1. The summed E-state index contributed by atoms with van der Waals surface area (Å²) in [7, 11) is 0. The normalized spacial score (nSPS) is 13.1. The lowest BCUT2D eigenvalue weighted by molar-refractivity contribution is 0.660. The van der Waals surface area contributed by atoms with Crippen LogP contribution in [0, 0.1) is 0 Å². The number of rotatable bonds is 5. The molecule has 58 heavy (non-hydrogen) atoms. The van der Waals surface area contributed by atoms with Crippen LogP contribution >= 0.6 is 0 Å². The minimum Gasteiger partial charge on any atom is -0.456 e. The van der Waals surface area contributed by atoms with Crippen LogP contribution in [0.3, 0.4) is 0 Å². The molecule has 0 radical (unpaired) electrons. The predicted molar refractivity (Wildman–Crippen MR) is 242 cm³/mol. The average Bonchev–Trinajstić information content (AvgIpc) is 3.90. The second kappa shape index (κ2) is 12.3. The Labute approximate surface area is 336 Å². The average molecular weight is 744 g/mol. The zero-order valence-electron chi connectivity index (χ0n) is 32.2. The molecule has 12 rings (SSSR count). The molecule has 2 heterocycles. The SMILES string of the molecule is CC1(C)c2ccccc2-c2ccc(N(c3ccc(-c4ccccc4)cc3)c3ccc4c(c3)oc3c(-c5ccc6ccccc6c5)c5c(cc34)oc3ccccc35)cc21. The highest BCUT2D eigenvalue weighted by molar-refractivity contribution is 6.24. The van der Waals surface area contributed by atoms with E-state index in [0.29, 0.717) is 0 Å². The van der Waals surface area contributed by atoms with Gasteiger partial charge < -0.3 is 13.7 Å². The van der Waals surface area contributed by atoms with Crippen molar-refractivity contribution in [2.45, 2.75) is 19.3 Å². The van der Waals surface area contributed by atoms with Crippen LogP contribution in [0.2, 0.25) is 0 Å². The van der Waals surface area contributed by atoms with E-state index in [1.807, 2.05) is 12.1 Å². The Balaban J connectivity index is 1.07. The lowest BCUT2D eigenvalue weighted by Gasteiger charge is -2.28. The zero-order valence-corrected chi connectivity index (χ0v) is 32.2. The predicted octanol–water partition coefficient (Wildman–Crippen LogP) is 15.7. The van der Waals surface area contributed by atoms with Gasteiger partial charge in [-0.3, -0.25) is 0 Å². The van der Waals surface area contributed by atoms with Gasteiger partial charge in [-0.05, 0) is 104 Å². The molecule has 274 valence electrons. The van der Waals surface area contributed by atoms with E-state index in [9.17, 15) is 0 Å². The number of hydrogen-bond donors (Lipinski definition) is 0. The van der Waals surface area contributed by atoms with Crippen molar-refractivity contribution in [3.63, 3.8) is 0 Å². The van der Waals surface area contributed by atoms with E-state index >= 15 is 0 Å². The molecule has 3 heteroatoms. The molecule has 2 aromatic heterocycles. The van der Waals surface area contributed by atoms with Gasteiger partial charge in [0.25, 0.3) is 0 Å². The van der Waals surface area contributed by atoms with E-state index in [2.05, 4.69) is 195 Å². The lowest BCUT2D eigenvalue weighted by atomic mass is 9.82. The molecule has 0 aliphatic heterocycles. The molecule has 0 fully saturated rings. The van der Waals surface area contributed by atoms with Gasteiger partial charge in [0.2, 0.25) is 0 Å². The number of anilines is 3. The molecule has 1 aliphatic rings. The fraction of sp³-hybridized carbons (Fsp3) is 0.0545. The molecule has 9 aromatic carbocycles. The highest BCUT2D eigenvalue weighted by Gasteiger charge is 2.36. The van der Waals surface area contributed by atoms with E-state index in [1.54, 1.807) is 0 Å². The summed E-state index contributed by atoms with van der Waals surface area (Å²) in [6, 6.07) is 67.6. The van der Waals surface area contributed by atoms with Gasteiger partial charge in [-0.2, -0.15) is 0 Å². The maximum atomic E-state index is 7.10. The first-order valence-corrected chi connectivity index (χ1v) is 20.0. The maximum Gasteiger partial charge on any atom is 0.144 e. The van der Waals surface area contributed by atoms with E-state index < -0.39 is 0 Å². The van der Waals surface area contributed by atoms with E-state index in [4.69, 9.17) is 8.83 Å². The van der Waals surface area contributed by atoms with Gasteiger partial charge in [-0.1, -0.05) is 141 Å². The van der Waals surface area contributed by atoms with Crippen LogP contribution in [0.25, 0.3) is 88.0 Å². The van der Waals surface area contributed by atoms with Crippen LogP contribution < -0.4 is 4.90 Å². The molecular weight excluding hydrogens is 707 g/mol. The molecule has 3 nitrogen and oxygen atoms in total. The third kappa shape index (κ3) is 4.86. The Bertz CT molecular complexity index is 3420.